The standard InChI is InChI=1S/C28H39N3O2/c1-28(16-20-29(2)21-28)22-30(3)27(32)24-9-11-25(12-10-24)33-26-14-18-31(19-15-26)17-13-23-7-5-4-6-8-23/h4-12,26H,13-22H2,1-3H3. The first-order valence-corrected chi connectivity index (χ1v) is 12.4. The van der Waals surface area contributed by atoms with Crippen LogP contribution in [0, 0.1) is 5.41 Å². The molecule has 0 saturated carbocycles. The number of ether oxygens (including phenoxy) is 1. The Bertz CT molecular complexity index is 893. The molecule has 0 aromatic heterocycles. The summed E-state index contributed by atoms with van der Waals surface area (Å²) in [6, 6.07) is 18.4. The van der Waals surface area contributed by atoms with Crippen molar-refractivity contribution < 1.29 is 9.53 Å². The average molecular weight is 450 g/mol. The van der Waals surface area contributed by atoms with Crippen LogP contribution in [0.4, 0.5) is 0 Å². The van der Waals surface area contributed by atoms with Crippen LogP contribution in [0.15, 0.2) is 54.6 Å². The predicted octanol–water partition coefficient (Wildman–Crippen LogP) is 4.19. The molecule has 5 nitrogen and oxygen atoms in total. The minimum Gasteiger partial charge on any atom is -0.490 e. The van der Waals surface area contributed by atoms with Crippen molar-refractivity contribution in [2.75, 3.05) is 53.4 Å². The van der Waals surface area contributed by atoms with E-state index in [1.54, 1.807) is 0 Å². The Balaban J connectivity index is 1.21. The van der Waals surface area contributed by atoms with Crippen LogP contribution in [0.3, 0.4) is 0 Å². The fourth-order valence-corrected chi connectivity index (χ4v) is 5.32. The van der Waals surface area contributed by atoms with Gasteiger partial charge in [0.05, 0.1) is 0 Å². The number of nitrogens with zero attached hydrogens (tertiary/aromatic N) is 3. The Kier molecular flexibility index (Phi) is 7.71. The highest BCUT2D eigenvalue weighted by Gasteiger charge is 2.34. The van der Waals surface area contributed by atoms with Gasteiger partial charge in [0, 0.05) is 45.3 Å². The monoisotopic (exact) mass is 449 g/mol. The Hall–Kier alpha value is -2.37. The number of benzene rings is 2. The highest BCUT2D eigenvalue weighted by Crippen LogP contribution is 2.30. The SMILES string of the molecule is CN1CCC(C)(CN(C)C(=O)c2ccc(OC3CCN(CCc4ccccc4)CC3)cc2)C1. The van der Waals surface area contributed by atoms with Gasteiger partial charge < -0.3 is 19.4 Å². The molecule has 2 aliphatic heterocycles. The first-order valence-electron chi connectivity index (χ1n) is 12.4. The second-order valence-corrected chi connectivity index (χ2v) is 10.4. The van der Waals surface area contributed by atoms with E-state index in [4.69, 9.17) is 4.74 Å². The van der Waals surface area contributed by atoms with Crippen molar-refractivity contribution in [3.8, 4) is 5.75 Å². The van der Waals surface area contributed by atoms with Crippen molar-refractivity contribution in [1.29, 1.82) is 0 Å². The van der Waals surface area contributed by atoms with E-state index >= 15 is 0 Å². The molecule has 1 atom stereocenters. The second kappa shape index (κ2) is 10.7. The summed E-state index contributed by atoms with van der Waals surface area (Å²) >= 11 is 0. The van der Waals surface area contributed by atoms with E-state index in [0.717, 1.165) is 76.3 Å². The number of piperidine rings is 1. The highest BCUT2D eigenvalue weighted by molar-refractivity contribution is 5.94. The molecule has 0 N–H and O–H groups in total. The maximum atomic E-state index is 12.9. The van der Waals surface area contributed by atoms with Gasteiger partial charge in [-0.3, -0.25) is 4.79 Å². The first-order chi connectivity index (χ1) is 15.9. The minimum absolute atomic E-state index is 0.0871. The fourth-order valence-electron chi connectivity index (χ4n) is 5.32. The van der Waals surface area contributed by atoms with Gasteiger partial charge in [-0.2, -0.15) is 0 Å². The van der Waals surface area contributed by atoms with Crippen LogP contribution < -0.4 is 4.74 Å². The number of likely N-dealkylation sites (tertiary alicyclic amines) is 2. The first kappa shape index (κ1) is 23.8. The summed E-state index contributed by atoms with van der Waals surface area (Å²) in [5, 5.41) is 0. The maximum Gasteiger partial charge on any atom is 0.253 e. The van der Waals surface area contributed by atoms with Gasteiger partial charge >= 0.3 is 0 Å². The molecular weight excluding hydrogens is 410 g/mol. The average Bonchev–Trinajstić information content (AvgIpc) is 3.17. The molecular formula is C28H39N3O2. The third-order valence-electron chi connectivity index (χ3n) is 7.21. The molecule has 1 unspecified atom stereocenters. The highest BCUT2D eigenvalue weighted by atomic mass is 16.5. The molecule has 0 radical (unpaired) electrons. The van der Waals surface area contributed by atoms with Crippen LogP contribution in [-0.4, -0.2) is 80.1 Å². The lowest BCUT2D eigenvalue weighted by Gasteiger charge is -2.32. The number of hydrogen-bond donors (Lipinski definition) is 0. The Morgan fingerprint density at radius 3 is 2.39 bits per heavy atom. The van der Waals surface area contributed by atoms with Crippen LogP contribution in [0.25, 0.3) is 0 Å². The van der Waals surface area contributed by atoms with Crippen LogP contribution in [0.2, 0.25) is 0 Å². The summed E-state index contributed by atoms with van der Waals surface area (Å²) in [6.45, 7) is 8.48. The Morgan fingerprint density at radius 2 is 1.76 bits per heavy atom. The van der Waals surface area contributed by atoms with E-state index < -0.39 is 0 Å². The third-order valence-corrected chi connectivity index (χ3v) is 7.21. The van der Waals surface area contributed by atoms with Gasteiger partial charge in [-0.05, 0) is 74.5 Å². The summed E-state index contributed by atoms with van der Waals surface area (Å²) < 4.78 is 6.24. The van der Waals surface area contributed by atoms with E-state index in [2.05, 4.69) is 54.1 Å². The van der Waals surface area contributed by atoms with Gasteiger partial charge in [0.2, 0.25) is 0 Å². The van der Waals surface area contributed by atoms with E-state index in [9.17, 15) is 4.79 Å². The topological polar surface area (TPSA) is 36.0 Å². The van der Waals surface area contributed by atoms with Crippen LogP contribution in [0.5, 0.6) is 5.75 Å². The van der Waals surface area contributed by atoms with E-state index in [1.165, 1.54) is 5.56 Å². The van der Waals surface area contributed by atoms with Crippen LogP contribution in [-0.2, 0) is 6.42 Å². The zero-order valence-corrected chi connectivity index (χ0v) is 20.5. The summed E-state index contributed by atoms with van der Waals surface area (Å²) in [5.74, 6) is 0.949. The summed E-state index contributed by atoms with van der Waals surface area (Å²) in [7, 11) is 4.07. The van der Waals surface area contributed by atoms with Gasteiger partial charge in [-0.1, -0.05) is 37.3 Å². The number of hydrogen-bond acceptors (Lipinski definition) is 4. The van der Waals surface area contributed by atoms with E-state index in [1.807, 2.05) is 36.2 Å². The number of carbonyl (C=O) groups is 1. The van der Waals surface area contributed by atoms with E-state index in [-0.39, 0.29) is 17.4 Å². The largest absolute Gasteiger partial charge is 0.490 e. The minimum atomic E-state index is 0.0871. The molecule has 0 bridgehead atoms. The normalized spacial score (nSPS) is 22.4. The second-order valence-electron chi connectivity index (χ2n) is 10.4. The van der Waals surface area contributed by atoms with Crippen molar-refractivity contribution in [3.05, 3.63) is 65.7 Å². The molecule has 2 aliphatic rings. The molecule has 2 saturated heterocycles. The van der Waals surface area contributed by atoms with Crippen molar-refractivity contribution in [3.63, 3.8) is 0 Å². The van der Waals surface area contributed by atoms with Crippen molar-refractivity contribution >= 4 is 5.91 Å². The number of carbonyl (C=O) groups excluding carboxylic acids is 1. The van der Waals surface area contributed by atoms with Gasteiger partial charge in [0.1, 0.15) is 11.9 Å². The molecule has 2 fully saturated rings. The van der Waals surface area contributed by atoms with Crippen molar-refractivity contribution in [2.24, 2.45) is 5.41 Å². The van der Waals surface area contributed by atoms with Crippen LogP contribution >= 0.6 is 0 Å². The Labute approximate surface area is 199 Å². The molecule has 5 heteroatoms. The molecule has 2 aromatic rings. The van der Waals surface area contributed by atoms with Crippen molar-refractivity contribution in [1.82, 2.24) is 14.7 Å². The molecule has 2 aromatic carbocycles. The lowest BCUT2D eigenvalue weighted by molar-refractivity contribution is 0.0730. The third kappa shape index (κ3) is 6.58. The molecule has 0 spiro atoms. The molecule has 2 heterocycles. The Morgan fingerprint density at radius 1 is 1.06 bits per heavy atom. The molecule has 0 aliphatic carbocycles. The lowest BCUT2D eigenvalue weighted by atomic mass is 9.89. The lowest BCUT2D eigenvalue weighted by Crippen LogP contribution is -2.39. The summed E-state index contributed by atoms with van der Waals surface area (Å²) in [6.07, 6.45) is 4.59. The van der Waals surface area contributed by atoms with Crippen LogP contribution in [0.1, 0.15) is 42.1 Å². The van der Waals surface area contributed by atoms with E-state index in [0.29, 0.717) is 0 Å². The fraction of sp³-hybridized carbons (Fsp3) is 0.536. The molecule has 1 amide bonds. The number of rotatable bonds is 8. The maximum absolute atomic E-state index is 12.9. The smallest absolute Gasteiger partial charge is 0.253 e. The molecule has 33 heavy (non-hydrogen) atoms. The molecule has 178 valence electrons. The predicted molar refractivity (Wildman–Crippen MR) is 134 cm³/mol. The van der Waals surface area contributed by atoms with Gasteiger partial charge in [0.25, 0.3) is 5.91 Å². The van der Waals surface area contributed by atoms with Gasteiger partial charge in [-0.15, -0.1) is 0 Å². The molecule has 4 rings (SSSR count). The summed E-state index contributed by atoms with van der Waals surface area (Å²) in [4.78, 5) is 19.7. The zero-order chi connectivity index (χ0) is 23.3. The van der Waals surface area contributed by atoms with Gasteiger partial charge in [0.15, 0.2) is 0 Å². The van der Waals surface area contributed by atoms with Gasteiger partial charge in [-0.25, -0.2) is 0 Å². The van der Waals surface area contributed by atoms with Crippen molar-refractivity contribution in [2.45, 2.75) is 38.7 Å². The summed E-state index contributed by atoms with van der Waals surface area (Å²) in [5.41, 5.74) is 2.31. The number of amides is 1. The zero-order valence-electron chi connectivity index (χ0n) is 20.5. The quantitative estimate of drug-likeness (QED) is 0.606.